The molecule has 3 rings (SSSR count). The Kier molecular flexibility index (Phi) is 2.61. The third kappa shape index (κ3) is 1.79. The first-order valence-corrected chi connectivity index (χ1v) is 6.50. The molecule has 0 saturated heterocycles. The zero-order valence-electron chi connectivity index (χ0n) is 9.59. The molecule has 0 atom stereocenters. The molecule has 0 aliphatic rings. The van der Waals surface area contributed by atoms with Gasteiger partial charge in [-0.1, -0.05) is 30.3 Å². The lowest BCUT2D eigenvalue weighted by Crippen LogP contribution is -2.10. The average molecular weight is 253 g/mol. The summed E-state index contributed by atoms with van der Waals surface area (Å²) in [6.45, 7) is 0. The molecule has 2 nitrogen and oxygen atoms in total. The number of nitrogens with two attached hydrogens (primary N) is 1. The number of carbonyl (C=O) groups excluding carboxylic acids is 1. The fourth-order valence-corrected chi connectivity index (χ4v) is 3.01. The van der Waals surface area contributed by atoms with E-state index in [2.05, 4.69) is 17.5 Å². The Morgan fingerprint density at radius 2 is 1.89 bits per heavy atom. The van der Waals surface area contributed by atoms with Crippen LogP contribution in [0.2, 0.25) is 0 Å². The highest BCUT2D eigenvalue weighted by atomic mass is 32.1. The summed E-state index contributed by atoms with van der Waals surface area (Å²) in [6.07, 6.45) is 0. The van der Waals surface area contributed by atoms with Crippen molar-refractivity contribution >= 4 is 27.3 Å². The molecule has 0 aliphatic heterocycles. The molecule has 1 heterocycles. The van der Waals surface area contributed by atoms with E-state index in [-0.39, 0.29) is 0 Å². The predicted molar refractivity (Wildman–Crippen MR) is 75.8 cm³/mol. The number of benzene rings is 2. The first-order valence-electron chi connectivity index (χ1n) is 5.62. The SMILES string of the molecule is NC(=O)c1cccc(-c2csc3ccccc23)c1. The van der Waals surface area contributed by atoms with Crippen molar-refractivity contribution in [1.29, 1.82) is 0 Å². The third-order valence-corrected chi connectivity index (χ3v) is 3.90. The topological polar surface area (TPSA) is 43.1 Å². The quantitative estimate of drug-likeness (QED) is 0.744. The Morgan fingerprint density at radius 3 is 2.72 bits per heavy atom. The average Bonchev–Trinajstić information content (AvgIpc) is 2.82. The fraction of sp³-hybridized carbons (Fsp3) is 0. The first kappa shape index (κ1) is 11.0. The third-order valence-electron chi connectivity index (χ3n) is 2.94. The van der Waals surface area contributed by atoms with E-state index in [4.69, 9.17) is 5.73 Å². The van der Waals surface area contributed by atoms with E-state index in [1.807, 2.05) is 30.3 Å². The number of amides is 1. The lowest BCUT2D eigenvalue weighted by atomic mass is 10.0. The molecule has 0 aliphatic carbocycles. The van der Waals surface area contributed by atoms with Crippen molar-refractivity contribution in [2.24, 2.45) is 5.73 Å². The van der Waals surface area contributed by atoms with Crippen molar-refractivity contribution in [2.75, 3.05) is 0 Å². The Morgan fingerprint density at radius 1 is 1.06 bits per heavy atom. The monoisotopic (exact) mass is 253 g/mol. The maximum Gasteiger partial charge on any atom is 0.248 e. The number of carbonyl (C=O) groups is 1. The van der Waals surface area contributed by atoms with E-state index in [0.717, 1.165) is 11.1 Å². The lowest BCUT2D eigenvalue weighted by molar-refractivity contribution is 0.100. The summed E-state index contributed by atoms with van der Waals surface area (Å²) in [5.74, 6) is -0.392. The summed E-state index contributed by atoms with van der Waals surface area (Å²) < 4.78 is 1.25. The van der Waals surface area contributed by atoms with Crippen LogP contribution in [-0.4, -0.2) is 5.91 Å². The minimum Gasteiger partial charge on any atom is -0.366 e. The summed E-state index contributed by atoms with van der Waals surface area (Å²) in [5, 5.41) is 3.33. The second-order valence-electron chi connectivity index (χ2n) is 4.09. The molecular formula is C15H11NOS. The molecule has 2 N–H and O–H groups in total. The van der Waals surface area contributed by atoms with Gasteiger partial charge in [-0.3, -0.25) is 4.79 Å². The molecule has 3 aromatic rings. The van der Waals surface area contributed by atoms with Gasteiger partial charge in [0, 0.05) is 21.2 Å². The summed E-state index contributed by atoms with van der Waals surface area (Å²) >= 11 is 1.71. The molecule has 3 heteroatoms. The maximum absolute atomic E-state index is 11.2. The van der Waals surface area contributed by atoms with Gasteiger partial charge >= 0.3 is 0 Å². The van der Waals surface area contributed by atoms with Crippen molar-refractivity contribution in [3.8, 4) is 11.1 Å². The molecule has 1 amide bonds. The van der Waals surface area contributed by atoms with Crippen LogP contribution in [0.3, 0.4) is 0 Å². The van der Waals surface area contributed by atoms with Crippen LogP contribution in [-0.2, 0) is 0 Å². The van der Waals surface area contributed by atoms with Crippen LogP contribution >= 0.6 is 11.3 Å². The van der Waals surface area contributed by atoms with Crippen LogP contribution in [0.1, 0.15) is 10.4 Å². The van der Waals surface area contributed by atoms with Crippen molar-refractivity contribution in [3.05, 3.63) is 59.5 Å². The molecule has 0 radical (unpaired) electrons. The maximum atomic E-state index is 11.2. The Hall–Kier alpha value is -2.13. The van der Waals surface area contributed by atoms with E-state index >= 15 is 0 Å². The van der Waals surface area contributed by atoms with Crippen LogP contribution in [0.25, 0.3) is 21.2 Å². The van der Waals surface area contributed by atoms with Crippen LogP contribution in [0.4, 0.5) is 0 Å². The fourth-order valence-electron chi connectivity index (χ4n) is 2.04. The number of rotatable bonds is 2. The van der Waals surface area contributed by atoms with Gasteiger partial charge in [0.1, 0.15) is 0 Å². The van der Waals surface area contributed by atoms with E-state index in [9.17, 15) is 4.79 Å². The minimum absolute atomic E-state index is 0.392. The minimum atomic E-state index is -0.392. The number of primary amides is 1. The van der Waals surface area contributed by atoms with Crippen molar-refractivity contribution in [1.82, 2.24) is 0 Å². The highest BCUT2D eigenvalue weighted by Crippen LogP contribution is 2.33. The van der Waals surface area contributed by atoms with Gasteiger partial charge in [-0.05, 0) is 29.1 Å². The molecule has 0 spiro atoms. The number of hydrogen-bond donors (Lipinski definition) is 1. The molecule has 1 aromatic heterocycles. The smallest absolute Gasteiger partial charge is 0.248 e. The highest BCUT2D eigenvalue weighted by Gasteiger charge is 2.07. The normalized spacial score (nSPS) is 10.7. The van der Waals surface area contributed by atoms with Gasteiger partial charge in [0.2, 0.25) is 5.91 Å². The molecular weight excluding hydrogens is 242 g/mol. The van der Waals surface area contributed by atoms with Gasteiger partial charge < -0.3 is 5.73 Å². The largest absolute Gasteiger partial charge is 0.366 e. The zero-order valence-corrected chi connectivity index (χ0v) is 10.4. The van der Waals surface area contributed by atoms with Gasteiger partial charge in [-0.2, -0.15) is 0 Å². The molecule has 0 bridgehead atoms. The predicted octanol–water partition coefficient (Wildman–Crippen LogP) is 3.67. The molecule has 2 aromatic carbocycles. The van der Waals surface area contributed by atoms with Gasteiger partial charge in [-0.15, -0.1) is 11.3 Å². The Balaban J connectivity index is 2.20. The molecule has 18 heavy (non-hydrogen) atoms. The van der Waals surface area contributed by atoms with E-state index in [0.29, 0.717) is 5.56 Å². The van der Waals surface area contributed by atoms with Crippen molar-refractivity contribution < 1.29 is 4.79 Å². The second-order valence-corrected chi connectivity index (χ2v) is 5.00. The van der Waals surface area contributed by atoms with E-state index < -0.39 is 5.91 Å². The Bertz CT molecular complexity index is 730. The van der Waals surface area contributed by atoms with Crippen LogP contribution in [0, 0.1) is 0 Å². The first-order chi connectivity index (χ1) is 8.75. The zero-order chi connectivity index (χ0) is 12.5. The lowest BCUT2D eigenvalue weighted by Gasteiger charge is -2.02. The molecule has 88 valence electrons. The summed E-state index contributed by atoms with van der Waals surface area (Å²) in [5.41, 5.74) is 8.04. The molecule has 0 fully saturated rings. The van der Waals surface area contributed by atoms with Gasteiger partial charge in [0.25, 0.3) is 0 Å². The standard InChI is InChI=1S/C15H11NOS/c16-15(17)11-5-3-4-10(8-11)13-9-18-14-7-2-1-6-12(13)14/h1-9H,(H2,16,17). The number of thiophene rings is 1. The van der Waals surface area contributed by atoms with Crippen molar-refractivity contribution in [3.63, 3.8) is 0 Å². The summed E-state index contributed by atoms with van der Waals surface area (Å²) in [4.78, 5) is 11.2. The van der Waals surface area contributed by atoms with Crippen LogP contribution < -0.4 is 5.73 Å². The van der Waals surface area contributed by atoms with Gasteiger partial charge in [0.05, 0.1) is 0 Å². The highest BCUT2D eigenvalue weighted by molar-refractivity contribution is 7.17. The number of hydrogen-bond acceptors (Lipinski definition) is 2. The van der Waals surface area contributed by atoms with Crippen LogP contribution in [0.15, 0.2) is 53.9 Å². The summed E-state index contributed by atoms with van der Waals surface area (Å²) in [7, 11) is 0. The Labute approximate surface area is 109 Å². The van der Waals surface area contributed by atoms with E-state index in [1.165, 1.54) is 10.1 Å². The van der Waals surface area contributed by atoms with Crippen LogP contribution in [0.5, 0.6) is 0 Å². The molecule has 0 saturated carbocycles. The van der Waals surface area contributed by atoms with Gasteiger partial charge in [-0.25, -0.2) is 0 Å². The summed E-state index contributed by atoms with van der Waals surface area (Å²) in [6, 6.07) is 15.7. The van der Waals surface area contributed by atoms with Crippen molar-refractivity contribution in [2.45, 2.75) is 0 Å². The molecule has 0 unspecified atom stereocenters. The van der Waals surface area contributed by atoms with E-state index in [1.54, 1.807) is 17.4 Å². The second kappa shape index (κ2) is 4.27. The van der Waals surface area contributed by atoms with Gasteiger partial charge in [0.15, 0.2) is 0 Å². The number of fused-ring (bicyclic) bond motifs is 1.